The standard InChI is InChI=1S/C9H9N5O4/c1-2-18-9(15)11-7-4-3-6(12-13-10)5-8(7)14(16)17/h3-5H,2H2,1H3,(H,11,15). The summed E-state index contributed by atoms with van der Waals surface area (Å²) >= 11 is 0. The van der Waals surface area contributed by atoms with Crippen molar-refractivity contribution >= 4 is 23.2 Å². The molecule has 0 aliphatic rings. The number of nitro benzene ring substituents is 1. The molecule has 18 heavy (non-hydrogen) atoms. The van der Waals surface area contributed by atoms with Crippen molar-refractivity contribution in [3.05, 3.63) is 38.8 Å². The molecule has 0 saturated heterocycles. The van der Waals surface area contributed by atoms with Gasteiger partial charge in [0.1, 0.15) is 5.69 Å². The number of azide groups is 1. The Kier molecular flexibility index (Phi) is 4.47. The first kappa shape index (κ1) is 13.3. The summed E-state index contributed by atoms with van der Waals surface area (Å²) in [6.07, 6.45) is -0.794. The van der Waals surface area contributed by atoms with Crippen LogP contribution >= 0.6 is 0 Å². The number of nitro groups is 1. The minimum Gasteiger partial charge on any atom is -0.450 e. The molecule has 9 nitrogen and oxygen atoms in total. The summed E-state index contributed by atoms with van der Waals surface area (Å²) in [5.41, 5.74) is 7.90. The molecule has 0 atom stereocenters. The summed E-state index contributed by atoms with van der Waals surface area (Å²) < 4.78 is 4.60. The maximum Gasteiger partial charge on any atom is 0.411 e. The van der Waals surface area contributed by atoms with Crippen molar-refractivity contribution < 1.29 is 14.5 Å². The number of hydrogen-bond acceptors (Lipinski definition) is 5. The first-order chi connectivity index (χ1) is 8.58. The Hall–Kier alpha value is -2.80. The van der Waals surface area contributed by atoms with Gasteiger partial charge in [-0.3, -0.25) is 15.4 Å². The highest BCUT2D eigenvalue weighted by Crippen LogP contribution is 2.29. The normalized spacial score (nSPS) is 9.17. The van der Waals surface area contributed by atoms with Gasteiger partial charge in [-0.1, -0.05) is 11.2 Å². The SMILES string of the molecule is CCOC(=O)Nc1ccc(N=[N+]=[N-])cc1[N+](=O)[O-]. The molecule has 0 heterocycles. The molecule has 0 radical (unpaired) electrons. The van der Waals surface area contributed by atoms with Gasteiger partial charge >= 0.3 is 6.09 Å². The maximum atomic E-state index is 11.2. The van der Waals surface area contributed by atoms with Gasteiger partial charge in [-0.2, -0.15) is 0 Å². The summed E-state index contributed by atoms with van der Waals surface area (Å²) in [4.78, 5) is 23.8. The van der Waals surface area contributed by atoms with E-state index in [-0.39, 0.29) is 23.7 Å². The van der Waals surface area contributed by atoms with E-state index in [4.69, 9.17) is 5.53 Å². The summed E-state index contributed by atoms with van der Waals surface area (Å²) in [5, 5.41) is 16.3. The second kappa shape index (κ2) is 6.06. The Bertz CT molecular complexity index is 524. The molecule has 1 N–H and O–H groups in total. The number of benzene rings is 1. The summed E-state index contributed by atoms with van der Waals surface area (Å²) in [5.74, 6) is 0. The molecule has 1 aromatic carbocycles. The van der Waals surface area contributed by atoms with E-state index in [1.54, 1.807) is 6.92 Å². The molecule has 1 rings (SSSR count). The van der Waals surface area contributed by atoms with E-state index >= 15 is 0 Å². The number of carbonyl (C=O) groups excluding carboxylic acids is 1. The van der Waals surface area contributed by atoms with Crippen molar-refractivity contribution in [3.63, 3.8) is 0 Å². The van der Waals surface area contributed by atoms with E-state index in [0.717, 1.165) is 6.07 Å². The molecule has 1 amide bonds. The third-order valence-corrected chi connectivity index (χ3v) is 1.85. The molecule has 0 aromatic heterocycles. The van der Waals surface area contributed by atoms with Crippen LogP contribution in [0.2, 0.25) is 0 Å². The van der Waals surface area contributed by atoms with Gasteiger partial charge in [0.15, 0.2) is 0 Å². The molecule has 9 heteroatoms. The summed E-state index contributed by atoms with van der Waals surface area (Å²) in [7, 11) is 0. The Morgan fingerprint density at radius 1 is 1.67 bits per heavy atom. The largest absolute Gasteiger partial charge is 0.450 e. The number of rotatable bonds is 4. The minimum absolute atomic E-state index is 0.0321. The van der Waals surface area contributed by atoms with Crippen molar-refractivity contribution in [2.45, 2.75) is 6.92 Å². The fourth-order valence-electron chi connectivity index (χ4n) is 1.17. The van der Waals surface area contributed by atoms with Crippen molar-refractivity contribution in [2.75, 3.05) is 11.9 Å². The van der Waals surface area contributed by atoms with E-state index in [1.807, 2.05) is 0 Å². The fourth-order valence-corrected chi connectivity index (χ4v) is 1.17. The molecule has 0 unspecified atom stereocenters. The van der Waals surface area contributed by atoms with Crippen LogP contribution in [0.15, 0.2) is 23.3 Å². The van der Waals surface area contributed by atoms with E-state index in [1.165, 1.54) is 12.1 Å². The van der Waals surface area contributed by atoms with Crippen LogP contribution in [-0.4, -0.2) is 17.6 Å². The Balaban J connectivity index is 3.07. The summed E-state index contributed by atoms with van der Waals surface area (Å²) in [6.45, 7) is 1.76. The smallest absolute Gasteiger partial charge is 0.411 e. The maximum absolute atomic E-state index is 11.2. The van der Waals surface area contributed by atoms with Crippen LogP contribution in [0.3, 0.4) is 0 Å². The third-order valence-electron chi connectivity index (χ3n) is 1.85. The predicted octanol–water partition coefficient (Wildman–Crippen LogP) is 3.11. The first-order valence-corrected chi connectivity index (χ1v) is 4.85. The molecular weight excluding hydrogens is 242 g/mol. The highest BCUT2D eigenvalue weighted by atomic mass is 16.6. The number of ether oxygens (including phenoxy) is 1. The Labute approximate surface area is 101 Å². The zero-order valence-corrected chi connectivity index (χ0v) is 9.36. The molecule has 0 saturated carbocycles. The van der Waals surface area contributed by atoms with Crippen molar-refractivity contribution in [1.29, 1.82) is 0 Å². The van der Waals surface area contributed by atoms with Gasteiger partial charge < -0.3 is 4.74 Å². The lowest BCUT2D eigenvalue weighted by Crippen LogP contribution is -2.14. The Morgan fingerprint density at radius 2 is 2.39 bits per heavy atom. The first-order valence-electron chi connectivity index (χ1n) is 4.85. The molecule has 0 aliphatic heterocycles. The average molecular weight is 251 g/mol. The number of anilines is 1. The van der Waals surface area contributed by atoms with E-state index in [9.17, 15) is 14.9 Å². The van der Waals surface area contributed by atoms with Crippen LogP contribution in [0.1, 0.15) is 6.92 Å². The molecule has 0 bridgehead atoms. The fraction of sp³-hybridized carbons (Fsp3) is 0.222. The van der Waals surface area contributed by atoms with Gasteiger partial charge in [0.05, 0.1) is 11.5 Å². The van der Waals surface area contributed by atoms with E-state index in [0.29, 0.717) is 0 Å². The van der Waals surface area contributed by atoms with E-state index in [2.05, 4.69) is 20.1 Å². The van der Waals surface area contributed by atoms with Crippen LogP contribution in [-0.2, 0) is 4.74 Å². The molecule has 0 aliphatic carbocycles. The van der Waals surface area contributed by atoms with Gasteiger partial charge in [-0.15, -0.1) is 0 Å². The van der Waals surface area contributed by atoms with Crippen molar-refractivity contribution in [1.82, 2.24) is 0 Å². The minimum atomic E-state index is -0.794. The van der Waals surface area contributed by atoms with Crippen LogP contribution in [0.5, 0.6) is 0 Å². The lowest BCUT2D eigenvalue weighted by Gasteiger charge is -2.06. The molecule has 94 valence electrons. The highest BCUT2D eigenvalue weighted by molar-refractivity contribution is 5.88. The van der Waals surface area contributed by atoms with Gasteiger partial charge in [0.2, 0.25) is 0 Å². The van der Waals surface area contributed by atoms with Crippen LogP contribution in [0.25, 0.3) is 10.4 Å². The molecule has 0 fully saturated rings. The van der Waals surface area contributed by atoms with E-state index < -0.39 is 11.0 Å². The zero-order valence-electron chi connectivity index (χ0n) is 9.36. The van der Waals surface area contributed by atoms with Crippen LogP contribution < -0.4 is 5.32 Å². The number of amides is 1. The molecular formula is C9H9N5O4. The van der Waals surface area contributed by atoms with Gasteiger partial charge in [-0.25, -0.2) is 4.79 Å². The van der Waals surface area contributed by atoms with Gasteiger partial charge in [0, 0.05) is 16.7 Å². The lowest BCUT2D eigenvalue weighted by atomic mass is 10.2. The highest BCUT2D eigenvalue weighted by Gasteiger charge is 2.16. The zero-order chi connectivity index (χ0) is 13.5. The monoisotopic (exact) mass is 251 g/mol. The van der Waals surface area contributed by atoms with Gasteiger partial charge in [-0.05, 0) is 18.5 Å². The average Bonchev–Trinajstić information content (AvgIpc) is 2.31. The second-order valence-electron chi connectivity index (χ2n) is 2.99. The second-order valence-corrected chi connectivity index (χ2v) is 2.99. The lowest BCUT2D eigenvalue weighted by molar-refractivity contribution is -0.383. The van der Waals surface area contributed by atoms with Crippen LogP contribution in [0, 0.1) is 10.1 Å². The van der Waals surface area contributed by atoms with Crippen molar-refractivity contribution in [2.24, 2.45) is 5.11 Å². The number of nitrogens with zero attached hydrogens (tertiary/aromatic N) is 4. The molecule has 1 aromatic rings. The Morgan fingerprint density at radius 3 is 2.94 bits per heavy atom. The van der Waals surface area contributed by atoms with Gasteiger partial charge in [0.25, 0.3) is 5.69 Å². The number of hydrogen-bond donors (Lipinski definition) is 1. The topological polar surface area (TPSA) is 130 Å². The number of carbonyl (C=O) groups is 1. The van der Waals surface area contributed by atoms with Crippen LogP contribution in [0.4, 0.5) is 21.9 Å². The molecule has 0 spiro atoms. The quantitative estimate of drug-likeness (QED) is 0.289. The third kappa shape index (κ3) is 3.35. The summed E-state index contributed by atoms with van der Waals surface area (Å²) in [6, 6.07) is 3.66. The number of nitrogens with one attached hydrogen (secondary N) is 1. The van der Waals surface area contributed by atoms with Crippen molar-refractivity contribution in [3.8, 4) is 0 Å². The predicted molar refractivity (Wildman–Crippen MR) is 62.5 cm³/mol.